The Morgan fingerprint density at radius 3 is 2.94 bits per heavy atom. The van der Waals surface area contributed by atoms with Crippen molar-refractivity contribution in [3.05, 3.63) is 35.3 Å². The van der Waals surface area contributed by atoms with E-state index < -0.39 is 0 Å². The zero-order valence-electron chi connectivity index (χ0n) is 8.72. The van der Waals surface area contributed by atoms with Gasteiger partial charge in [-0.05, 0) is 23.7 Å². The van der Waals surface area contributed by atoms with Gasteiger partial charge >= 0.3 is 0 Å². The summed E-state index contributed by atoms with van der Waals surface area (Å²) >= 11 is 5.71. The molecule has 2 aromatic heterocycles. The number of hydrogen-bond acceptors (Lipinski definition) is 5. The zero-order valence-corrected chi connectivity index (χ0v) is 9.48. The van der Waals surface area contributed by atoms with E-state index in [2.05, 4.69) is 15.5 Å². The lowest BCUT2D eigenvalue weighted by atomic mass is 10.1. The normalized spacial score (nSPS) is 12.9. The quantitative estimate of drug-likeness (QED) is 0.612. The summed E-state index contributed by atoms with van der Waals surface area (Å²) in [4.78, 5) is 4.12. The number of hydrazine groups is 1. The maximum absolute atomic E-state index is 5.71. The highest BCUT2D eigenvalue weighted by atomic mass is 35.5. The summed E-state index contributed by atoms with van der Waals surface area (Å²) < 4.78 is 6.98. The predicted octanol–water partition coefficient (Wildman–Crippen LogP) is 0.809. The molecule has 1 unspecified atom stereocenters. The lowest BCUT2D eigenvalue weighted by molar-refractivity contribution is 0.408. The summed E-state index contributed by atoms with van der Waals surface area (Å²) in [6.07, 6.45) is 2.08. The molecule has 0 radical (unpaired) electrons. The van der Waals surface area contributed by atoms with Crippen LogP contribution in [0.5, 0.6) is 0 Å². The molecule has 16 heavy (non-hydrogen) atoms. The van der Waals surface area contributed by atoms with Crippen LogP contribution in [0.25, 0.3) is 0 Å². The standard InChI is InChI=1S/C9H12ClN5O/c1-15-9(12-5-13-15)4-6(14-11)7-2-3-8(10)16-7/h2-3,5-6,14H,4,11H2,1H3. The maximum atomic E-state index is 5.71. The van der Waals surface area contributed by atoms with E-state index >= 15 is 0 Å². The molecule has 0 spiro atoms. The minimum Gasteiger partial charge on any atom is -0.448 e. The molecule has 0 amide bonds. The Morgan fingerprint density at radius 2 is 2.44 bits per heavy atom. The second kappa shape index (κ2) is 4.65. The van der Waals surface area contributed by atoms with Crippen LogP contribution >= 0.6 is 11.6 Å². The molecule has 86 valence electrons. The van der Waals surface area contributed by atoms with Crippen molar-refractivity contribution in [3.63, 3.8) is 0 Å². The van der Waals surface area contributed by atoms with E-state index in [0.29, 0.717) is 17.4 Å². The van der Waals surface area contributed by atoms with Crippen LogP contribution in [-0.2, 0) is 13.5 Å². The Balaban J connectivity index is 2.15. The first kappa shape index (κ1) is 11.1. The molecule has 0 aliphatic carbocycles. The third-order valence-corrected chi connectivity index (χ3v) is 2.53. The molecule has 0 bridgehead atoms. The molecule has 3 N–H and O–H groups in total. The summed E-state index contributed by atoms with van der Waals surface area (Å²) in [6, 6.07) is 3.29. The van der Waals surface area contributed by atoms with Crippen molar-refractivity contribution >= 4 is 11.6 Å². The van der Waals surface area contributed by atoms with Crippen molar-refractivity contribution in [2.24, 2.45) is 12.9 Å². The average molecular weight is 242 g/mol. The zero-order chi connectivity index (χ0) is 11.5. The van der Waals surface area contributed by atoms with Crippen LogP contribution in [0.3, 0.4) is 0 Å². The number of hydrogen-bond donors (Lipinski definition) is 2. The summed E-state index contributed by atoms with van der Waals surface area (Å²) in [5.41, 5.74) is 2.66. The topological polar surface area (TPSA) is 81.9 Å². The third kappa shape index (κ3) is 2.24. The Morgan fingerprint density at radius 1 is 1.62 bits per heavy atom. The molecule has 2 rings (SSSR count). The minimum absolute atomic E-state index is 0.171. The highest BCUT2D eigenvalue weighted by Crippen LogP contribution is 2.21. The van der Waals surface area contributed by atoms with Crippen molar-refractivity contribution in [1.82, 2.24) is 20.2 Å². The van der Waals surface area contributed by atoms with Crippen molar-refractivity contribution < 1.29 is 4.42 Å². The van der Waals surface area contributed by atoms with E-state index in [1.807, 2.05) is 7.05 Å². The minimum atomic E-state index is -0.171. The Kier molecular flexibility index (Phi) is 3.23. The van der Waals surface area contributed by atoms with Gasteiger partial charge < -0.3 is 4.42 Å². The van der Waals surface area contributed by atoms with Gasteiger partial charge in [-0.2, -0.15) is 5.10 Å². The smallest absolute Gasteiger partial charge is 0.193 e. The van der Waals surface area contributed by atoms with Crippen LogP contribution in [-0.4, -0.2) is 14.8 Å². The molecular weight excluding hydrogens is 230 g/mol. The summed E-state index contributed by atoms with van der Waals surface area (Å²) in [7, 11) is 1.82. The number of nitrogens with zero attached hydrogens (tertiary/aromatic N) is 3. The van der Waals surface area contributed by atoms with Crippen molar-refractivity contribution in [2.45, 2.75) is 12.5 Å². The van der Waals surface area contributed by atoms with Crippen molar-refractivity contribution in [2.75, 3.05) is 0 Å². The number of nitrogens with two attached hydrogens (primary N) is 1. The molecule has 2 aromatic rings. The summed E-state index contributed by atoms with van der Waals surface area (Å²) in [5.74, 6) is 6.96. The van der Waals surface area contributed by atoms with E-state index in [0.717, 1.165) is 5.82 Å². The monoisotopic (exact) mass is 241 g/mol. The van der Waals surface area contributed by atoms with Gasteiger partial charge in [-0.1, -0.05) is 0 Å². The van der Waals surface area contributed by atoms with Crippen molar-refractivity contribution in [1.29, 1.82) is 0 Å². The lowest BCUT2D eigenvalue weighted by Gasteiger charge is -2.12. The van der Waals surface area contributed by atoms with Gasteiger partial charge in [-0.25, -0.2) is 10.4 Å². The van der Waals surface area contributed by atoms with E-state index in [4.69, 9.17) is 21.9 Å². The molecule has 0 aliphatic heterocycles. The van der Waals surface area contributed by atoms with Crippen LogP contribution in [0, 0.1) is 0 Å². The molecule has 2 heterocycles. The second-order valence-corrected chi connectivity index (χ2v) is 3.74. The first-order valence-corrected chi connectivity index (χ1v) is 5.12. The van der Waals surface area contributed by atoms with Crippen LogP contribution in [0.2, 0.25) is 5.22 Å². The molecule has 0 aliphatic rings. The van der Waals surface area contributed by atoms with Gasteiger partial charge in [0.05, 0.1) is 6.04 Å². The largest absolute Gasteiger partial charge is 0.448 e. The van der Waals surface area contributed by atoms with Crippen LogP contribution in [0.15, 0.2) is 22.9 Å². The van der Waals surface area contributed by atoms with Crippen LogP contribution in [0.1, 0.15) is 17.6 Å². The molecule has 0 saturated carbocycles. The molecular formula is C9H12ClN5O. The van der Waals surface area contributed by atoms with Gasteiger partial charge in [0.2, 0.25) is 0 Å². The van der Waals surface area contributed by atoms with E-state index in [9.17, 15) is 0 Å². The number of aryl methyl sites for hydroxylation is 1. The van der Waals surface area contributed by atoms with Gasteiger partial charge in [-0.3, -0.25) is 10.5 Å². The number of rotatable bonds is 4. The first-order chi connectivity index (χ1) is 7.70. The number of nitrogens with one attached hydrogen (secondary N) is 1. The fourth-order valence-electron chi connectivity index (χ4n) is 1.44. The molecule has 6 nitrogen and oxygen atoms in total. The summed E-state index contributed by atoms with van der Waals surface area (Å²) in [5, 5.41) is 4.32. The van der Waals surface area contributed by atoms with Gasteiger partial charge in [0, 0.05) is 13.5 Å². The van der Waals surface area contributed by atoms with Gasteiger partial charge in [0.25, 0.3) is 0 Å². The number of aromatic nitrogens is 3. The summed E-state index contributed by atoms with van der Waals surface area (Å²) in [6.45, 7) is 0. The van der Waals surface area contributed by atoms with E-state index in [1.165, 1.54) is 6.33 Å². The average Bonchev–Trinajstić information content (AvgIpc) is 2.85. The van der Waals surface area contributed by atoms with Gasteiger partial charge in [0.15, 0.2) is 5.22 Å². The highest BCUT2D eigenvalue weighted by Gasteiger charge is 2.17. The third-order valence-electron chi connectivity index (χ3n) is 2.33. The fourth-order valence-corrected chi connectivity index (χ4v) is 1.60. The van der Waals surface area contributed by atoms with E-state index in [1.54, 1.807) is 16.8 Å². The number of furan rings is 1. The van der Waals surface area contributed by atoms with Gasteiger partial charge in [-0.15, -0.1) is 0 Å². The SMILES string of the molecule is Cn1ncnc1CC(NN)c1ccc(Cl)o1. The Labute approximate surface area is 97.4 Å². The molecule has 7 heteroatoms. The Hall–Kier alpha value is -1.37. The molecule has 1 atom stereocenters. The molecule has 0 fully saturated rings. The maximum Gasteiger partial charge on any atom is 0.193 e. The van der Waals surface area contributed by atoms with Crippen LogP contribution < -0.4 is 11.3 Å². The molecule has 0 aromatic carbocycles. The predicted molar refractivity (Wildman–Crippen MR) is 58.5 cm³/mol. The molecule has 0 saturated heterocycles. The number of halogens is 1. The van der Waals surface area contributed by atoms with Gasteiger partial charge in [0.1, 0.15) is 17.9 Å². The van der Waals surface area contributed by atoms with Crippen LogP contribution in [0.4, 0.5) is 0 Å². The lowest BCUT2D eigenvalue weighted by Crippen LogP contribution is -2.30. The fraction of sp³-hybridized carbons (Fsp3) is 0.333. The first-order valence-electron chi connectivity index (χ1n) is 4.75. The Bertz CT molecular complexity index is 466. The highest BCUT2D eigenvalue weighted by molar-refractivity contribution is 6.28. The second-order valence-electron chi connectivity index (χ2n) is 3.37. The van der Waals surface area contributed by atoms with Crippen molar-refractivity contribution in [3.8, 4) is 0 Å². The van der Waals surface area contributed by atoms with E-state index in [-0.39, 0.29) is 6.04 Å².